The van der Waals surface area contributed by atoms with E-state index in [4.69, 9.17) is 23.6 Å². The maximum Gasteiger partial charge on any atom is 0.0985 e. The molecule has 0 amide bonds. The third-order valence-electron chi connectivity index (χ3n) is 9.67. The zero-order chi connectivity index (χ0) is 29.1. The summed E-state index contributed by atoms with van der Waals surface area (Å²) in [4.78, 5) is 0. The molecule has 4 aromatic rings. The van der Waals surface area contributed by atoms with E-state index in [0.29, 0.717) is 0 Å². The maximum absolute atomic E-state index is 7.11. The number of fused-ring (bicyclic) bond motifs is 12. The van der Waals surface area contributed by atoms with Gasteiger partial charge >= 0.3 is 0 Å². The highest BCUT2D eigenvalue weighted by Gasteiger charge is 2.52. The van der Waals surface area contributed by atoms with Crippen LogP contribution in [0.2, 0.25) is 0 Å². The minimum absolute atomic E-state index is 0.984. The van der Waals surface area contributed by atoms with E-state index in [1.165, 1.54) is 77.4 Å². The van der Waals surface area contributed by atoms with Crippen molar-refractivity contribution >= 4 is 69.0 Å². The van der Waals surface area contributed by atoms with Crippen molar-refractivity contribution in [3.8, 4) is 22.3 Å². The first-order chi connectivity index (χ1) is 21.0. The Labute approximate surface area is 263 Å². The van der Waals surface area contributed by atoms with Crippen LogP contribution in [0, 0.1) is 0 Å². The van der Waals surface area contributed by atoms with Gasteiger partial charge in [0.1, 0.15) is 0 Å². The number of benzene rings is 4. The van der Waals surface area contributed by atoms with Gasteiger partial charge in [-0.25, -0.2) is 0 Å². The third kappa shape index (κ3) is 3.11. The molecule has 0 spiro atoms. The van der Waals surface area contributed by atoms with E-state index in [1.807, 2.05) is 0 Å². The number of allylic oxidation sites excluding steroid dienone is 7. The van der Waals surface area contributed by atoms with Gasteiger partial charge in [0.05, 0.1) is 29.4 Å². The molecule has 1 aliphatic carbocycles. The molecule has 0 N–H and O–H groups in total. The normalized spacial score (nSPS) is 23.9. The molecule has 2 nitrogen and oxygen atoms in total. The van der Waals surface area contributed by atoms with Crippen LogP contribution in [0.25, 0.3) is 22.3 Å². The molecule has 0 aromatic heterocycles. The smallest absolute Gasteiger partial charge is 0.0985 e. The lowest BCUT2D eigenvalue weighted by Gasteiger charge is -2.53. The molecular formula is C37H30N2P2S2. The van der Waals surface area contributed by atoms with Gasteiger partial charge in [-0.15, -0.1) is 0 Å². The van der Waals surface area contributed by atoms with Crippen molar-refractivity contribution in [2.75, 3.05) is 9.34 Å². The van der Waals surface area contributed by atoms with E-state index in [2.05, 4.69) is 132 Å². The lowest BCUT2D eigenvalue weighted by Crippen LogP contribution is -2.43. The van der Waals surface area contributed by atoms with Crippen LogP contribution in [0.1, 0.15) is 33.1 Å². The molecule has 4 aliphatic heterocycles. The summed E-state index contributed by atoms with van der Waals surface area (Å²) in [6.07, 6.45) is 7.49. The fraction of sp³-hybridized carbons (Fsp3) is 0.135. The van der Waals surface area contributed by atoms with Gasteiger partial charge in [-0.3, -0.25) is 0 Å². The highest BCUT2D eigenvalue weighted by molar-refractivity contribution is 8.23. The zero-order valence-corrected chi connectivity index (χ0v) is 27.5. The molecule has 210 valence electrons. The van der Waals surface area contributed by atoms with Crippen LogP contribution in [0.4, 0.5) is 17.1 Å². The highest BCUT2D eigenvalue weighted by atomic mass is 32.4. The summed E-state index contributed by atoms with van der Waals surface area (Å²) >= 11 is 14.2. The summed E-state index contributed by atoms with van der Waals surface area (Å²) in [5, 5.41) is 5.17. The fourth-order valence-corrected chi connectivity index (χ4v) is 17.7. The summed E-state index contributed by atoms with van der Waals surface area (Å²) in [6.45, 7) is 4.52. The molecule has 9 rings (SSSR count). The van der Waals surface area contributed by atoms with Crippen molar-refractivity contribution in [1.29, 1.82) is 0 Å². The minimum atomic E-state index is -2.48. The molecule has 0 radical (unpaired) electrons. The van der Waals surface area contributed by atoms with Gasteiger partial charge in [0, 0.05) is 43.6 Å². The van der Waals surface area contributed by atoms with Gasteiger partial charge in [-0.2, -0.15) is 0 Å². The average Bonchev–Trinajstić information content (AvgIpc) is 3.04. The van der Waals surface area contributed by atoms with Gasteiger partial charge in [0.2, 0.25) is 0 Å². The molecule has 0 saturated heterocycles. The van der Waals surface area contributed by atoms with Gasteiger partial charge < -0.3 is 9.34 Å². The monoisotopic (exact) mass is 628 g/mol. The summed E-state index contributed by atoms with van der Waals surface area (Å²) in [5.41, 5.74) is 12.9. The molecule has 4 heterocycles. The number of nitrogens with zero attached hydrogens (tertiary/aromatic N) is 2. The molecule has 6 heteroatoms. The van der Waals surface area contributed by atoms with Crippen molar-refractivity contribution in [3.63, 3.8) is 0 Å². The van der Waals surface area contributed by atoms with E-state index in [0.717, 1.165) is 19.3 Å². The summed E-state index contributed by atoms with van der Waals surface area (Å²) in [5.74, 6) is 0. The van der Waals surface area contributed by atoms with E-state index < -0.39 is 12.4 Å². The fourth-order valence-electron chi connectivity index (χ4n) is 7.90. The largest absolute Gasteiger partial charge is 0.304 e. The highest BCUT2D eigenvalue weighted by Crippen LogP contribution is 2.74. The molecule has 43 heavy (non-hydrogen) atoms. The molecule has 2 unspecified atom stereocenters. The van der Waals surface area contributed by atoms with E-state index in [-0.39, 0.29) is 0 Å². The van der Waals surface area contributed by atoms with Crippen molar-refractivity contribution < 1.29 is 0 Å². The molecule has 0 saturated carbocycles. The average molecular weight is 629 g/mol. The molecule has 4 aromatic carbocycles. The minimum Gasteiger partial charge on any atom is -0.304 e. The number of rotatable bonds is 2. The quantitative estimate of drug-likeness (QED) is 0.204. The summed E-state index contributed by atoms with van der Waals surface area (Å²) in [6, 6.07) is 31.4. The van der Waals surface area contributed by atoms with Crippen LogP contribution >= 0.6 is 12.4 Å². The van der Waals surface area contributed by atoms with Crippen LogP contribution in [0.15, 0.2) is 131 Å². The number of anilines is 3. The van der Waals surface area contributed by atoms with E-state index in [1.54, 1.807) is 0 Å². The zero-order valence-electron chi connectivity index (χ0n) is 24.1. The second-order valence-electron chi connectivity index (χ2n) is 11.8. The number of hydrogen-bond acceptors (Lipinski definition) is 2. The molecular weight excluding hydrogens is 599 g/mol. The van der Waals surface area contributed by atoms with Crippen molar-refractivity contribution in [1.82, 2.24) is 0 Å². The molecule has 5 aliphatic rings. The Kier molecular flexibility index (Phi) is 5.56. The Morgan fingerprint density at radius 2 is 1.37 bits per heavy atom. The van der Waals surface area contributed by atoms with E-state index >= 15 is 0 Å². The maximum atomic E-state index is 7.11. The van der Waals surface area contributed by atoms with Crippen LogP contribution in [0.3, 0.4) is 0 Å². The van der Waals surface area contributed by atoms with E-state index in [9.17, 15) is 0 Å². The second-order valence-corrected chi connectivity index (χ2v) is 20.0. The van der Waals surface area contributed by atoms with Crippen LogP contribution in [-0.2, 0) is 23.6 Å². The summed E-state index contributed by atoms with van der Waals surface area (Å²) in [7, 11) is 0. The third-order valence-corrected chi connectivity index (χ3v) is 19.2. The standard InChI is InChI=1S/C37H30N2P2S2/c1-3-4-20-32-24(2)25-13-5-8-16-28(25)38-30-18-11-19-31-36(30)37-34(40(32,38)42)22-12-23-35(37)41(43)33-21-10-7-15-27(33)26-14-6-9-17-29(26)39(31)41/h4,6-12,14-23H,3,5,13H2,1-2H3/b20-4-. The predicted octanol–water partition coefficient (Wildman–Crippen LogP) is 9.53. The SMILES string of the molecule is CC/C=C\C1=C(C)C2=C(C=CCC2)N2c3cccc4c3-c3c(cccc3P3(=S)c5ccccc5-c5ccccc5N43)P12=S. The van der Waals surface area contributed by atoms with Crippen LogP contribution in [0.5, 0.6) is 0 Å². The Balaban J connectivity index is 1.46. The first-order valence-electron chi connectivity index (χ1n) is 15.1. The van der Waals surface area contributed by atoms with Crippen molar-refractivity contribution in [2.45, 2.75) is 33.1 Å². The Morgan fingerprint density at radius 1 is 0.721 bits per heavy atom. The predicted molar refractivity (Wildman–Crippen MR) is 193 cm³/mol. The first-order valence-corrected chi connectivity index (χ1v) is 20.6. The van der Waals surface area contributed by atoms with Gasteiger partial charge in [0.25, 0.3) is 0 Å². The van der Waals surface area contributed by atoms with Crippen LogP contribution in [-0.4, -0.2) is 0 Å². The lowest BCUT2D eigenvalue weighted by molar-refractivity contribution is 0.932. The number of para-hydroxylation sites is 1. The summed E-state index contributed by atoms with van der Waals surface area (Å²) < 4.78 is 5.15. The molecule has 0 fully saturated rings. The van der Waals surface area contributed by atoms with Crippen LogP contribution < -0.4 is 25.3 Å². The Morgan fingerprint density at radius 3 is 2.19 bits per heavy atom. The van der Waals surface area contributed by atoms with Crippen molar-refractivity contribution in [2.24, 2.45) is 0 Å². The van der Waals surface area contributed by atoms with Gasteiger partial charge in [0.15, 0.2) is 0 Å². The second kappa shape index (κ2) is 9.13. The molecule has 2 atom stereocenters. The Bertz CT molecular complexity index is 2170. The van der Waals surface area contributed by atoms with Gasteiger partial charge in [-0.05, 0) is 67.2 Å². The van der Waals surface area contributed by atoms with Crippen molar-refractivity contribution in [3.05, 3.63) is 131 Å². The topological polar surface area (TPSA) is 6.48 Å². The first kappa shape index (κ1) is 26.2. The number of hydrogen-bond donors (Lipinski definition) is 0. The molecule has 0 bridgehead atoms. The van der Waals surface area contributed by atoms with Gasteiger partial charge in [-0.1, -0.05) is 115 Å². The lowest BCUT2D eigenvalue weighted by atomic mass is 9.93. The Hall–Kier alpha value is -3.26.